The van der Waals surface area contributed by atoms with E-state index in [0.717, 1.165) is 32.6 Å². The fourth-order valence-electron chi connectivity index (χ4n) is 4.54. The first-order valence-electron chi connectivity index (χ1n) is 12.1. The zero-order chi connectivity index (χ0) is 27.8. The number of rotatable bonds is 7. The average molecular weight is 549 g/mol. The molecule has 2 aromatic heterocycles. The molecule has 0 bridgehead atoms. The van der Waals surface area contributed by atoms with Gasteiger partial charge in [0.25, 0.3) is 0 Å². The van der Waals surface area contributed by atoms with Gasteiger partial charge in [-0.2, -0.15) is 0 Å². The van der Waals surface area contributed by atoms with Gasteiger partial charge in [-0.05, 0) is 49.6 Å². The topological polar surface area (TPSA) is 116 Å². The molecule has 0 saturated heterocycles. The Hall–Kier alpha value is -4.38. The Kier molecular flexibility index (Phi) is 7.00. The molecule has 0 radical (unpaired) electrons. The van der Waals surface area contributed by atoms with Crippen LogP contribution in [-0.4, -0.2) is 51.2 Å². The van der Waals surface area contributed by atoms with Gasteiger partial charge in [-0.15, -0.1) is 21.5 Å². The van der Waals surface area contributed by atoms with Gasteiger partial charge in [0, 0.05) is 22.1 Å². The van der Waals surface area contributed by atoms with Crippen molar-refractivity contribution >= 4 is 29.0 Å². The Morgan fingerprint density at radius 1 is 1.05 bits per heavy atom. The van der Waals surface area contributed by atoms with Gasteiger partial charge in [-0.3, -0.25) is 14.4 Å². The van der Waals surface area contributed by atoms with Crippen molar-refractivity contribution < 1.29 is 28.6 Å². The third-order valence-corrected chi connectivity index (χ3v) is 7.74. The van der Waals surface area contributed by atoms with Gasteiger partial charge in [0.05, 0.1) is 19.2 Å². The second-order valence-electron chi connectivity index (χ2n) is 9.11. The molecule has 4 aromatic rings. The molecule has 5 rings (SSSR count). The van der Waals surface area contributed by atoms with E-state index < -0.39 is 30.4 Å². The van der Waals surface area contributed by atoms with Crippen LogP contribution in [-0.2, 0) is 14.3 Å². The van der Waals surface area contributed by atoms with Crippen LogP contribution in [0.25, 0.3) is 16.1 Å². The van der Waals surface area contributed by atoms with Crippen LogP contribution in [0.3, 0.4) is 0 Å². The summed E-state index contributed by atoms with van der Waals surface area (Å²) < 4.78 is 26.3. The fourth-order valence-corrected chi connectivity index (χ4v) is 5.76. The zero-order valence-corrected chi connectivity index (χ0v) is 22.5. The molecule has 2 aromatic carbocycles. The number of fused-ring (bicyclic) bond motifs is 3. The number of esters is 1. The van der Waals surface area contributed by atoms with Crippen molar-refractivity contribution in [2.75, 3.05) is 13.7 Å². The number of hydrogen-bond donors (Lipinski definition) is 1. The highest BCUT2D eigenvalue weighted by molar-refractivity contribution is 7.15. The van der Waals surface area contributed by atoms with Crippen LogP contribution < -0.4 is 4.74 Å². The molecule has 0 amide bonds. The predicted octanol–water partition coefficient (Wildman–Crippen LogP) is 4.98. The maximum absolute atomic E-state index is 14.3. The van der Waals surface area contributed by atoms with Crippen LogP contribution in [0.2, 0.25) is 0 Å². The minimum atomic E-state index is -1.15. The van der Waals surface area contributed by atoms with Crippen molar-refractivity contribution in [1.29, 1.82) is 0 Å². The van der Waals surface area contributed by atoms with Crippen LogP contribution in [0.5, 0.6) is 5.75 Å². The van der Waals surface area contributed by atoms with Crippen molar-refractivity contribution in [2.45, 2.75) is 33.2 Å². The lowest BCUT2D eigenvalue weighted by atomic mass is 9.97. The summed E-state index contributed by atoms with van der Waals surface area (Å²) in [6.07, 6.45) is 0.00556. The smallest absolute Gasteiger partial charge is 0.341 e. The van der Waals surface area contributed by atoms with E-state index >= 15 is 0 Å². The van der Waals surface area contributed by atoms with Crippen molar-refractivity contribution in [3.05, 3.63) is 81.5 Å². The molecule has 11 heteroatoms. The number of carbonyl (C=O) groups excluding carboxylic acids is 1. The van der Waals surface area contributed by atoms with Gasteiger partial charge >= 0.3 is 11.9 Å². The standard InChI is InChI=1S/C28H25FN4O5S/c1-14-15(2)39-28-25(14)26(30-22(12-24(36)37-4)27-32-31-16(3)33(27)28)18-7-5-17(6-8-18)19-9-20(29)11-21(10-19)38-13-23(34)35/h5-11,22H,12-13H2,1-4H3,(H,34,35)/t22-/m0/s1. The van der Waals surface area contributed by atoms with E-state index in [2.05, 4.69) is 17.1 Å². The van der Waals surface area contributed by atoms with Gasteiger partial charge in [-0.1, -0.05) is 24.3 Å². The number of methoxy groups -OCH3 is 1. The molecular formula is C28H25FN4O5S. The molecule has 3 heterocycles. The number of aliphatic imine (C=N–C) groups is 1. The molecule has 1 aliphatic rings. The minimum Gasteiger partial charge on any atom is -0.482 e. The van der Waals surface area contributed by atoms with Gasteiger partial charge in [0.15, 0.2) is 12.4 Å². The molecule has 0 spiro atoms. The van der Waals surface area contributed by atoms with Crippen molar-refractivity contribution in [3.8, 4) is 21.9 Å². The number of nitrogens with zero attached hydrogens (tertiary/aromatic N) is 4. The SMILES string of the molecule is COC(=O)C[C@@H]1N=C(c2ccc(-c3cc(F)cc(OCC(=O)O)c3)cc2)c2c(sc(C)c2C)-n2c(C)nnc21. The average Bonchev–Trinajstić information content (AvgIpc) is 3.39. The zero-order valence-electron chi connectivity index (χ0n) is 21.7. The first-order valence-corrected chi connectivity index (χ1v) is 12.9. The van der Waals surface area contributed by atoms with E-state index in [1.165, 1.54) is 13.2 Å². The van der Waals surface area contributed by atoms with Crippen LogP contribution >= 0.6 is 11.3 Å². The normalized spacial score (nSPS) is 14.2. The van der Waals surface area contributed by atoms with Gasteiger partial charge in [0.2, 0.25) is 0 Å². The molecule has 0 fully saturated rings. The summed E-state index contributed by atoms with van der Waals surface area (Å²) >= 11 is 1.62. The number of benzene rings is 2. The number of aliphatic carboxylic acids is 1. The molecule has 39 heavy (non-hydrogen) atoms. The van der Waals surface area contributed by atoms with Crippen LogP contribution in [0.1, 0.15) is 45.7 Å². The quantitative estimate of drug-likeness (QED) is 0.324. The van der Waals surface area contributed by atoms with Crippen molar-refractivity contribution in [3.63, 3.8) is 0 Å². The second-order valence-corrected chi connectivity index (χ2v) is 10.3. The molecule has 1 atom stereocenters. The van der Waals surface area contributed by atoms with E-state index in [1.807, 2.05) is 42.7 Å². The summed E-state index contributed by atoms with van der Waals surface area (Å²) in [4.78, 5) is 29.3. The van der Waals surface area contributed by atoms with Gasteiger partial charge < -0.3 is 14.6 Å². The highest BCUT2D eigenvalue weighted by Gasteiger charge is 2.32. The van der Waals surface area contributed by atoms with E-state index in [-0.39, 0.29) is 12.2 Å². The molecule has 0 saturated carbocycles. The summed E-state index contributed by atoms with van der Waals surface area (Å²) in [5.41, 5.74) is 4.79. The van der Waals surface area contributed by atoms with Crippen LogP contribution in [0.15, 0.2) is 47.5 Å². The van der Waals surface area contributed by atoms with Crippen molar-refractivity contribution in [1.82, 2.24) is 14.8 Å². The third-order valence-electron chi connectivity index (χ3n) is 6.55. The Balaban J connectivity index is 1.59. The number of carboxylic acid groups (broad SMARTS) is 1. The minimum absolute atomic E-state index is 0.00556. The Morgan fingerprint density at radius 3 is 2.46 bits per heavy atom. The molecule has 1 aliphatic heterocycles. The number of thiophene rings is 1. The van der Waals surface area contributed by atoms with E-state index in [0.29, 0.717) is 28.5 Å². The first-order chi connectivity index (χ1) is 18.7. The monoisotopic (exact) mass is 548 g/mol. The molecule has 0 aliphatic carbocycles. The Bertz CT molecular complexity index is 1620. The molecular weight excluding hydrogens is 523 g/mol. The molecule has 200 valence electrons. The second kappa shape index (κ2) is 10.4. The number of carbonyl (C=O) groups is 2. The Labute approximate surface area is 227 Å². The van der Waals surface area contributed by atoms with Gasteiger partial charge in [-0.25, -0.2) is 9.18 Å². The third kappa shape index (κ3) is 5.05. The van der Waals surface area contributed by atoms with Gasteiger partial charge in [0.1, 0.15) is 28.4 Å². The number of carboxylic acids is 1. The number of aromatic nitrogens is 3. The maximum Gasteiger partial charge on any atom is 0.341 e. The highest BCUT2D eigenvalue weighted by Crippen LogP contribution is 2.40. The van der Waals surface area contributed by atoms with E-state index in [1.54, 1.807) is 17.4 Å². The number of hydrogen-bond acceptors (Lipinski definition) is 8. The highest BCUT2D eigenvalue weighted by atomic mass is 32.1. The lowest BCUT2D eigenvalue weighted by Gasteiger charge is -2.12. The summed E-state index contributed by atoms with van der Waals surface area (Å²) in [5, 5.41) is 18.4. The lowest BCUT2D eigenvalue weighted by Crippen LogP contribution is -2.12. The summed E-state index contributed by atoms with van der Waals surface area (Å²) in [6, 6.07) is 11.0. The largest absolute Gasteiger partial charge is 0.482 e. The lowest BCUT2D eigenvalue weighted by molar-refractivity contribution is -0.141. The van der Waals surface area contributed by atoms with E-state index in [4.69, 9.17) is 19.6 Å². The number of ether oxygens (including phenoxy) is 2. The summed E-state index contributed by atoms with van der Waals surface area (Å²) in [7, 11) is 1.34. The number of halogens is 1. The predicted molar refractivity (Wildman–Crippen MR) is 143 cm³/mol. The van der Waals surface area contributed by atoms with Crippen LogP contribution in [0.4, 0.5) is 4.39 Å². The fraction of sp³-hybridized carbons (Fsp3) is 0.250. The summed E-state index contributed by atoms with van der Waals surface area (Å²) in [5.74, 6) is -0.699. The number of aryl methyl sites for hydroxylation is 2. The first kappa shape index (κ1) is 26.2. The summed E-state index contributed by atoms with van der Waals surface area (Å²) in [6.45, 7) is 5.39. The molecule has 0 unspecified atom stereocenters. The maximum atomic E-state index is 14.3. The van der Waals surface area contributed by atoms with Crippen molar-refractivity contribution in [2.24, 2.45) is 4.99 Å². The molecule has 9 nitrogen and oxygen atoms in total. The van der Waals surface area contributed by atoms with Crippen LogP contribution in [0, 0.1) is 26.6 Å². The van der Waals surface area contributed by atoms with E-state index in [9.17, 15) is 14.0 Å². The molecule has 1 N–H and O–H groups in total. The Morgan fingerprint density at radius 2 is 1.77 bits per heavy atom.